The summed E-state index contributed by atoms with van der Waals surface area (Å²) in [6.07, 6.45) is 5.27. The highest BCUT2D eigenvalue weighted by molar-refractivity contribution is 8.15. The molecule has 2 fully saturated rings. The molecule has 3 heterocycles. The van der Waals surface area contributed by atoms with Crippen LogP contribution in [-0.2, 0) is 21.1 Å². The molecule has 0 saturated carbocycles. The Morgan fingerprint density at radius 1 is 1.23 bits per heavy atom. The Bertz CT molecular complexity index is 917. The number of carbonyl (C=O) groups excluding carboxylic acids is 1. The summed E-state index contributed by atoms with van der Waals surface area (Å²) < 4.78 is 23.3. The first-order valence-electron chi connectivity index (χ1n) is 11.2. The summed E-state index contributed by atoms with van der Waals surface area (Å²) >= 11 is 1.51. The van der Waals surface area contributed by atoms with E-state index in [1.165, 1.54) is 37.6 Å². The van der Waals surface area contributed by atoms with Gasteiger partial charge in [0.2, 0.25) is 5.91 Å². The van der Waals surface area contributed by atoms with E-state index < -0.39 is 9.84 Å². The number of aliphatic imine (C=N–C) groups is 1. The smallest absolute Gasteiger partial charge is 0.224 e. The second-order valence-corrected chi connectivity index (χ2v) is 12.2. The van der Waals surface area contributed by atoms with Gasteiger partial charge in [-0.15, -0.1) is 0 Å². The van der Waals surface area contributed by atoms with E-state index in [0.29, 0.717) is 12.5 Å². The van der Waals surface area contributed by atoms with E-state index >= 15 is 0 Å². The molecule has 2 N–H and O–H groups in total. The number of benzene rings is 1. The molecule has 0 aliphatic carbocycles. The van der Waals surface area contributed by atoms with Crippen molar-refractivity contribution in [2.75, 3.05) is 36.5 Å². The van der Waals surface area contributed by atoms with Crippen molar-refractivity contribution in [1.82, 2.24) is 10.2 Å². The minimum atomic E-state index is -2.93. The summed E-state index contributed by atoms with van der Waals surface area (Å²) in [5, 5.41) is 7.11. The maximum Gasteiger partial charge on any atom is 0.224 e. The van der Waals surface area contributed by atoms with Crippen LogP contribution < -0.4 is 10.6 Å². The Hall–Kier alpha value is -1.58. The predicted octanol–water partition coefficient (Wildman–Crippen LogP) is 2.29. The quantitative estimate of drug-likeness (QED) is 0.602. The molecule has 9 heteroatoms. The molecule has 3 aliphatic heterocycles. The number of anilines is 1. The molecule has 170 valence electrons. The number of amides is 1. The van der Waals surface area contributed by atoms with E-state index in [4.69, 9.17) is 0 Å². The lowest BCUT2D eigenvalue weighted by Gasteiger charge is -2.33. The topological polar surface area (TPSA) is 90.9 Å². The molecule has 3 aliphatic rings. The second-order valence-electron chi connectivity index (χ2n) is 8.82. The average Bonchev–Trinajstić information content (AvgIpc) is 3.20. The molecule has 7 nitrogen and oxygen atoms in total. The van der Waals surface area contributed by atoms with Crippen LogP contribution in [0.5, 0.6) is 0 Å². The van der Waals surface area contributed by atoms with Gasteiger partial charge in [-0.2, -0.15) is 0 Å². The molecule has 4 rings (SSSR count). The molecule has 0 radical (unpaired) electrons. The van der Waals surface area contributed by atoms with Gasteiger partial charge in [-0.25, -0.2) is 8.42 Å². The third kappa shape index (κ3) is 6.23. The Kier molecular flexibility index (Phi) is 7.23. The minimum absolute atomic E-state index is 0.0357. The van der Waals surface area contributed by atoms with Crippen molar-refractivity contribution >= 4 is 38.4 Å². The van der Waals surface area contributed by atoms with Crippen molar-refractivity contribution in [2.45, 2.75) is 56.4 Å². The Labute approximate surface area is 189 Å². The number of thioether (sulfide) groups is 1. The van der Waals surface area contributed by atoms with Crippen LogP contribution in [0.4, 0.5) is 5.69 Å². The predicted molar refractivity (Wildman–Crippen MR) is 128 cm³/mol. The van der Waals surface area contributed by atoms with Gasteiger partial charge in [-0.1, -0.05) is 30.3 Å². The summed E-state index contributed by atoms with van der Waals surface area (Å²) in [4.78, 5) is 19.3. The largest absolute Gasteiger partial charge is 0.356 e. The molecule has 1 amide bonds. The van der Waals surface area contributed by atoms with Crippen molar-refractivity contribution in [2.24, 2.45) is 4.99 Å². The first kappa shape index (κ1) is 22.6. The first-order valence-corrected chi connectivity index (χ1v) is 13.9. The van der Waals surface area contributed by atoms with Gasteiger partial charge in [0, 0.05) is 30.1 Å². The average molecular weight is 465 g/mol. The highest BCUT2D eigenvalue weighted by Gasteiger charge is 2.42. The van der Waals surface area contributed by atoms with Crippen molar-refractivity contribution < 1.29 is 13.2 Å². The summed E-state index contributed by atoms with van der Waals surface area (Å²) in [6, 6.07) is 8.31. The lowest BCUT2D eigenvalue weighted by atomic mass is 10.0. The van der Waals surface area contributed by atoms with Gasteiger partial charge < -0.3 is 15.5 Å². The van der Waals surface area contributed by atoms with E-state index in [0.717, 1.165) is 35.9 Å². The standard InChI is InChI=1S/C22H32N4O3S2/c1-16-5-2-3-11-26(16)12-4-10-23-21(27)13-17-6-8-18(9-7-17)24-22-25-19-14-31(28,29)15-20(19)30-22/h6-9,16,19-20H,2-5,10-15H2,1H3,(H,23,27)(H,24,25)/t16-,19+,20+/m1/s1. The number of piperidine rings is 1. The zero-order valence-corrected chi connectivity index (χ0v) is 19.7. The van der Waals surface area contributed by atoms with E-state index in [9.17, 15) is 13.2 Å². The molecule has 0 unspecified atom stereocenters. The third-order valence-electron chi connectivity index (χ3n) is 6.27. The van der Waals surface area contributed by atoms with Crippen LogP contribution in [0.2, 0.25) is 0 Å². The van der Waals surface area contributed by atoms with Crippen molar-refractivity contribution in [3.8, 4) is 0 Å². The van der Waals surface area contributed by atoms with Crippen LogP contribution in [0.15, 0.2) is 29.3 Å². The molecule has 1 aromatic carbocycles. The zero-order valence-electron chi connectivity index (χ0n) is 18.0. The number of hydrogen-bond acceptors (Lipinski definition) is 7. The summed E-state index contributed by atoms with van der Waals surface area (Å²) in [6.45, 7) is 5.25. The Morgan fingerprint density at radius 2 is 2.03 bits per heavy atom. The van der Waals surface area contributed by atoms with Gasteiger partial charge in [0.15, 0.2) is 15.0 Å². The van der Waals surface area contributed by atoms with Crippen LogP contribution in [0.25, 0.3) is 0 Å². The van der Waals surface area contributed by atoms with Crippen molar-refractivity contribution in [1.29, 1.82) is 0 Å². The van der Waals surface area contributed by atoms with E-state index in [1.807, 2.05) is 24.3 Å². The Balaban J connectivity index is 1.17. The fraction of sp³-hybridized carbons (Fsp3) is 0.636. The normalized spacial score (nSPS) is 27.5. The Morgan fingerprint density at radius 3 is 2.77 bits per heavy atom. The van der Waals surface area contributed by atoms with Crippen LogP contribution in [0, 0.1) is 0 Å². The molecule has 3 atom stereocenters. The number of hydrogen-bond donors (Lipinski definition) is 2. The number of nitrogens with one attached hydrogen (secondary N) is 2. The van der Waals surface area contributed by atoms with Crippen molar-refractivity contribution in [3.63, 3.8) is 0 Å². The number of carbonyl (C=O) groups is 1. The van der Waals surface area contributed by atoms with Gasteiger partial charge in [-0.05, 0) is 50.4 Å². The third-order valence-corrected chi connectivity index (χ3v) is 9.41. The zero-order chi connectivity index (χ0) is 21.8. The molecule has 31 heavy (non-hydrogen) atoms. The summed E-state index contributed by atoms with van der Waals surface area (Å²) in [7, 11) is -2.93. The van der Waals surface area contributed by atoms with Crippen LogP contribution in [0.1, 0.15) is 38.2 Å². The molecule has 2 saturated heterocycles. The minimum Gasteiger partial charge on any atom is -0.356 e. The number of fused-ring (bicyclic) bond motifs is 1. The molecule has 1 aromatic rings. The van der Waals surface area contributed by atoms with Crippen LogP contribution in [0.3, 0.4) is 0 Å². The van der Waals surface area contributed by atoms with Gasteiger partial charge >= 0.3 is 0 Å². The number of sulfone groups is 1. The molecule has 0 spiro atoms. The number of amidine groups is 1. The van der Waals surface area contributed by atoms with Crippen LogP contribution >= 0.6 is 11.8 Å². The highest BCUT2D eigenvalue weighted by atomic mass is 32.2. The SMILES string of the molecule is C[C@@H]1CCCCN1CCCNC(=O)Cc1ccc(NC2=N[C@H]3CS(=O)(=O)C[C@@H]3S2)cc1. The number of likely N-dealkylation sites (tertiary alicyclic amines) is 1. The fourth-order valence-electron chi connectivity index (χ4n) is 4.49. The number of rotatable bonds is 7. The van der Waals surface area contributed by atoms with Crippen molar-refractivity contribution in [3.05, 3.63) is 29.8 Å². The number of nitrogens with zero attached hydrogens (tertiary/aromatic N) is 2. The molecular formula is C22H32N4O3S2. The van der Waals surface area contributed by atoms with E-state index in [1.54, 1.807) is 0 Å². The lowest BCUT2D eigenvalue weighted by molar-refractivity contribution is -0.120. The summed E-state index contributed by atoms with van der Waals surface area (Å²) in [5.74, 6) is 0.417. The van der Waals surface area contributed by atoms with E-state index in [-0.39, 0.29) is 28.7 Å². The molecule has 0 aromatic heterocycles. The van der Waals surface area contributed by atoms with E-state index in [2.05, 4.69) is 27.4 Å². The maximum absolute atomic E-state index is 12.2. The van der Waals surface area contributed by atoms with Crippen LogP contribution in [-0.4, -0.2) is 72.9 Å². The second kappa shape index (κ2) is 9.92. The molecular weight excluding hydrogens is 432 g/mol. The van der Waals surface area contributed by atoms with Gasteiger partial charge in [0.05, 0.1) is 24.0 Å². The summed E-state index contributed by atoms with van der Waals surface area (Å²) in [5.41, 5.74) is 1.87. The van der Waals surface area contributed by atoms with Gasteiger partial charge in [-0.3, -0.25) is 9.79 Å². The first-order chi connectivity index (χ1) is 14.9. The van der Waals surface area contributed by atoms with Gasteiger partial charge in [0.1, 0.15) is 0 Å². The maximum atomic E-state index is 12.2. The lowest BCUT2D eigenvalue weighted by Crippen LogP contribution is -2.39. The monoisotopic (exact) mass is 464 g/mol. The molecule has 0 bridgehead atoms. The van der Waals surface area contributed by atoms with Gasteiger partial charge in [0.25, 0.3) is 0 Å². The highest BCUT2D eigenvalue weighted by Crippen LogP contribution is 2.34. The fourth-order valence-corrected chi connectivity index (χ4v) is 8.17.